The molecule has 0 spiro atoms. The van der Waals surface area contributed by atoms with Gasteiger partial charge in [-0.05, 0) is 46.3 Å². The summed E-state index contributed by atoms with van der Waals surface area (Å²) in [5, 5.41) is 7.27. The zero-order chi connectivity index (χ0) is 21.2. The van der Waals surface area contributed by atoms with Crippen LogP contribution in [-0.4, -0.2) is 66.4 Å². The van der Waals surface area contributed by atoms with Crippen molar-refractivity contribution in [2.24, 2.45) is 4.99 Å². The number of guanidine groups is 1. The van der Waals surface area contributed by atoms with Crippen molar-refractivity contribution in [1.29, 1.82) is 0 Å². The van der Waals surface area contributed by atoms with Crippen LogP contribution >= 0.6 is 0 Å². The highest BCUT2D eigenvalue weighted by Gasteiger charge is 2.26. The van der Waals surface area contributed by atoms with Crippen molar-refractivity contribution in [3.05, 3.63) is 29.8 Å². The van der Waals surface area contributed by atoms with E-state index in [0.29, 0.717) is 17.8 Å². The van der Waals surface area contributed by atoms with Crippen LogP contribution in [0.4, 0.5) is 0 Å². The number of para-hydroxylation sites is 1. The fraction of sp³-hybridized carbons (Fsp3) is 0.682. The van der Waals surface area contributed by atoms with Gasteiger partial charge < -0.3 is 20.3 Å². The van der Waals surface area contributed by atoms with Crippen molar-refractivity contribution in [1.82, 2.24) is 15.5 Å². The number of rotatable bonds is 9. The summed E-state index contributed by atoms with van der Waals surface area (Å²) in [6, 6.07) is 8.57. The summed E-state index contributed by atoms with van der Waals surface area (Å²) in [6.07, 6.45) is 4.25. The normalized spacial score (nSPS) is 22.2. The Labute approximate surface area is 179 Å². The van der Waals surface area contributed by atoms with Crippen LogP contribution in [0.2, 0.25) is 0 Å². The molecule has 0 amide bonds. The maximum absolute atomic E-state index is 12.3. The second-order valence-electron chi connectivity index (χ2n) is 7.74. The van der Waals surface area contributed by atoms with E-state index >= 15 is 0 Å². The summed E-state index contributed by atoms with van der Waals surface area (Å²) in [5.74, 6) is 2.47. The summed E-state index contributed by atoms with van der Waals surface area (Å²) >= 11 is 0. The minimum absolute atomic E-state index is 0.119. The molecule has 1 aromatic rings. The van der Waals surface area contributed by atoms with Crippen LogP contribution in [0.5, 0.6) is 5.75 Å². The highest BCUT2D eigenvalue weighted by molar-refractivity contribution is 7.85. The maximum Gasteiger partial charge on any atom is 0.191 e. The molecule has 0 radical (unpaired) electrons. The molecule has 4 atom stereocenters. The quantitative estimate of drug-likeness (QED) is 0.473. The van der Waals surface area contributed by atoms with Gasteiger partial charge in [0.25, 0.3) is 0 Å². The van der Waals surface area contributed by atoms with Crippen LogP contribution in [0, 0.1) is 0 Å². The van der Waals surface area contributed by atoms with E-state index in [1.165, 1.54) is 0 Å². The number of benzene rings is 1. The Morgan fingerprint density at radius 1 is 1.31 bits per heavy atom. The lowest BCUT2D eigenvalue weighted by Gasteiger charge is -2.30. The number of ether oxygens (including phenoxy) is 1. The molecule has 164 valence electrons. The van der Waals surface area contributed by atoms with E-state index in [9.17, 15) is 4.21 Å². The number of nitrogens with zero attached hydrogens (tertiary/aromatic N) is 2. The van der Waals surface area contributed by atoms with Gasteiger partial charge in [0.1, 0.15) is 5.75 Å². The molecule has 4 unspecified atom stereocenters. The second-order valence-corrected chi connectivity index (χ2v) is 9.75. The van der Waals surface area contributed by atoms with E-state index in [4.69, 9.17) is 9.73 Å². The Kier molecular flexibility index (Phi) is 9.94. The van der Waals surface area contributed by atoms with E-state index in [2.05, 4.69) is 42.6 Å². The Morgan fingerprint density at radius 3 is 2.72 bits per heavy atom. The predicted octanol–water partition coefficient (Wildman–Crippen LogP) is 2.93. The van der Waals surface area contributed by atoms with Gasteiger partial charge in [-0.15, -0.1) is 0 Å². The molecule has 2 rings (SSSR count). The predicted molar refractivity (Wildman–Crippen MR) is 123 cm³/mol. The van der Waals surface area contributed by atoms with E-state index in [1.54, 1.807) is 7.11 Å². The van der Waals surface area contributed by atoms with Crippen molar-refractivity contribution >= 4 is 16.8 Å². The van der Waals surface area contributed by atoms with E-state index in [0.717, 1.165) is 55.3 Å². The smallest absolute Gasteiger partial charge is 0.191 e. The SMILES string of the molecule is CCNC(=NCC(c1ccccc1OC)N(C)C)NC1CCCC(S(=O)CC)C1. The molecular weight excluding hydrogens is 384 g/mol. The summed E-state index contributed by atoms with van der Waals surface area (Å²) in [6.45, 7) is 5.53. The number of hydrogen-bond acceptors (Lipinski definition) is 4. The summed E-state index contributed by atoms with van der Waals surface area (Å²) < 4.78 is 17.8. The Bertz CT molecular complexity index is 681. The minimum Gasteiger partial charge on any atom is -0.496 e. The van der Waals surface area contributed by atoms with Gasteiger partial charge in [-0.3, -0.25) is 9.20 Å². The number of hydrogen-bond donors (Lipinski definition) is 2. The molecule has 0 bridgehead atoms. The van der Waals surface area contributed by atoms with Crippen LogP contribution in [-0.2, 0) is 10.8 Å². The Hall–Kier alpha value is -1.60. The topological polar surface area (TPSA) is 66.0 Å². The zero-order valence-electron chi connectivity index (χ0n) is 18.6. The maximum atomic E-state index is 12.3. The molecule has 7 heteroatoms. The van der Waals surface area contributed by atoms with Crippen molar-refractivity contribution in [2.45, 2.75) is 56.9 Å². The minimum atomic E-state index is -0.719. The number of nitrogens with one attached hydrogen (secondary N) is 2. The van der Waals surface area contributed by atoms with Crippen LogP contribution in [0.3, 0.4) is 0 Å². The highest BCUT2D eigenvalue weighted by Crippen LogP contribution is 2.28. The molecular formula is C22H38N4O2S. The molecule has 0 aliphatic heterocycles. The largest absolute Gasteiger partial charge is 0.496 e. The first-order valence-corrected chi connectivity index (χ1v) is 12.1. The molecule has 0 saturated heterocycles. The molecule has 0 aromatic heterocycles. The van der Waals surface area contributed by atoms with Crippen molar-refractivity contribution in [3.63, 3.8) is 0 Å². The lowest BCUT2D eigenvalue weighted by Crippen LogP contribution is -2.47. The first-order valence-electron chi connectivity index (χ1n) is 10.7. The standard InChI is InChI=1S/C22H38N4O2S/c1-6-23-22(25-17-11-10-12-18(15-17)29(27)7-2)24-16-20(26(3)4)19-13-8-9-14-21(19)28-5/h8-9,13-14,17-18,20H,6-7,10-12,15-16H2,1-5H3,(H2,23,24,25). The zero-order valence-corrected chi connectivity index (χ0v) is 19.4. The molecule has 1 fully saturated rings. The summed E-state index contributed by atoms with van der Waals surface area (Å²) in [4.78, 5) is 7.06. The van der Waals surface area contributed by atoms with Gasteiger partial charge in [-0.25, -0.2) is 0 Å². The summed E-state index contributed by atoms with van der Waals surface area (Å²) in [7, 11) is 5.13. The van der Waals surface area contributed by atoms with Crippen LogP contribution < -0.4 is 15.4 Å². The Morgan fingerprint density at radius 2 is 2.07 bits per heavy atom. The van der Waals surface area contributed by atoms with Crippen molar-refractivity contribution in [3.8, 4) is 5.75 Å². The average Bonchev–Trinajstić information content (AvgIpc) is 2.73. The van der Waals surface area contributed by atoms with Crippen molar-refractivity contribution < 1.29 is 8.95 Å². The fourth-order valence-corrected chi connectivity index (χ4v) is 5.27. The fourth-order valence-electron chi connectivity index (χ4n) is 3.92. The van der Waals surface area contributed by atoms with Gasteiger partial charge in [0, 0.05) is 40.0 Å². The first-order chi connectivity index (χ1) is 14.0. The number of methoxy groups -OCH3 is 1. The molecule has 0 heterocycles. The van der Waals surface area contributed by atoms with Crippen LogP contribution in [0.1, 0.15) is 51.1 Å². The molecule has 2 N–H and O–H groups in total. The van der Waals surface area contributed by atoms with Gasteiger partial charge in [0.05, 0.1) is 19.7 Å². The van der Waals surface area contributed by atoms with Crippen molar-refractivity contribution in [2.75, 3.05) is 40.0 Å². The monoisotopic (exact) mass is 422 g/mol. The molecule has 1 saturated carbocycles. The second kappa shape index (κ2) is 12.2. The lowest BCUT2D eigenvalue weighted by atomic mass is 9.95. The van der Waals surface area contributed by atoms with E-state index in [1.807, 2.05) is 25.1 Å². The number of aliphatic imine (C=N–C) groups is 1. The Balaban J connectivity index is 2.11. The van der Waals surface area contributed by atoms with Crippen LogP contribution in [0.25, 0.3) is 0 Å². The molecule has 6 nitrogen and oxygen atoms in total. The molecule has 1 aromatic carbocycles. The lowest BCUT2D eigenvalue weighted by molar-refractivity contribution is 0.295. The van der Waals surface area contributed by atoms with Gasteiger partial charge >= 0.3 is 0 Å². The van der Waals surface area contributed by atoms with Gasteiger partial charge in [-0.2, -0.15) is 0 Å². The third-order valence-electron chi connectivity index (χ3n) is 5.51. The average molecular weight is 423 g/mol. The highest BCUT2D eigenvalue weighted by atomic mass is 32.2. The van der Waals surface area contributed by atoms with E-state index < -0.39 is 10.8 Å². The third-order valence-corrected chi connectivity index (χ3v) is 7.25. The first kappa shape index (κ1) is 23.7. The molecule has 29 heavy (non-hydrogen) atoms. The summed E-state index contributed by atoms with van der Waals surface area (Å²) in [5.41, 5.74) is 1.13. The van der Waals surface area contributed by atoms with Gasteiger partial charge in [-0.1, -0.05) is 31.5 Å². The van der Waals surface area contributed by atoms with E-state index in [-0.39, 0.29) is 6.04 Å². The molecule has 1 aliphatic rings. The van der Waals surface area contributed by atoms with Crippen LogP contribution in [0.15, 0.2) is 29.3 Å². The third kappa shape index (κ3) is 7.00. The van der Waals surface area contributed by atoms with Gasteiger partial charge in [0.2, 0.25) is 0 Å². The molecule has 1 aliphatic carbocycles. The van der Waals surface area contributed by atoms with Gasteiger partial charge in [0.15, 0.2) is 5.96 Å². The number of likely N-dealkylation sites (N-methyl/N-ethyl adjacent to an activating group) is 1.